The molecule has 2 aliphatic heterocycles. The number of hydrogen-bond acceptors (Lipinski definition) is 5. The molecule has 2 bridgehead atoms. The molecular formula is C22H28N4S. The van der Waals surface area contributed by atoms with Crippen molar-refractivity contribution < 1.29 is 0 Å². The summed E-state index contributed by atoms with van der Waals surface area (Å²) in [6.45, 7) is 8.46. The first-order valence-corrected chi connectivity index (χ1v) is 11.1. The lowest BCUT2D eigenvalue weighted by Gasteiger charge is -2.49. The summed E-state index contributed by atoms with van der Waals surface area (Å²) in [4.78, 5) is 12.8. The molecule has 1 N–H and O–H groups in total. The lowest BCUT2D eigenvalue weighted by atomic mass is 9.64. The molecule has 5 heteroatoms. The molecule has 4 nitrogen and oxygen atoms in total. The number of nitrogens with one attached hydrogen (secondary N) is 1. The smallest absolute Gasteiger partial charge is 0.163 e. The van der Waals surface area contributed by atoms with Gasteiger partial charge in [-0.3, -0.25) is 4.90 Å². The molecule has 2 aromatic rings. The van der Waals surface area contributed by atoms with Gasteiger partial charge in [-0.05, 0) is 54.2 Å². The van der Waals surface area contributed by atoms with E-state index in [0.717, 1.165) is 41.1 Å². The number of likely N-dealkylation sites (tertiary alicyclic amines) is 1. The Kier molecular flexibility index (Phi) is 4.60. The molecular weight excluding hydrogens is 352 g/mol. The minimum atomic E-state index is 0.827. The zero-order valence-corrected chi connectivity index (χ0v) is 17.0. The summed E-state index contributed by atoms with van der Waals surface area (Å²) in [5, 5.41) is 4.43. The van der Waals surface area contributed by atoms with Crippen molar-refractivity contribution in [3.63, 3.8) is 0 Å². The minimum Gasteiger partial charge on any atom is -0.337 e. The molecule has 1 saturated carbocycles. The third kappa shape index (κ3) is 3.36. The number of aromatic nitrogens is 2. The third-order valence-electron chi connectivity index (χ3n) is 6.57. The van der Waals surface area contributed by atoms with Gasteiger partial charge in [-0.2, -0.15) is 0 Å². The molecule has 1 aromatic carbocycles. The SMILES string of the molecule is CC(C)C1C2CCCC1CN(Cc1ccc3c(c1)Nc1nccnc1S3)C2. The van der Waals surface area contributed by atoms with Crippen molar-refractivity contribution in [1.29, 1.82) is 0 Å². The number of anilines is 2. The molecule has 2 unspecified atom stereocenters. The Morgan fingerprint density at radius 1 is 1.15 bits per heavy atom. The highest BCUT2D eigenvalue weighted by Gasteiger charge is 2.40. The molecule has 0 amide bonds. The van der Waals surface area contributed by atoms with Crippen molar-refractivity contribution in [3.8, 4) is 0 Å². The lowest BCUT2D eigenvalue weighted by Crippen LogP contribution is -2.49. The molecule has 5 rings (SSSR count). The fraction of sp³-hybridized carbons (Fsp3) is 0.545. The predicted octanol–water partition coefficient (Wildman–Crippen LogP) is 5.19. The minimum absolute atomic E-state index is 0.827. The Morgan fingerprint density at radius 3 is 2.70 bits per heavy atom. The van der Waals surface area contributed by atoms with Crippen molar-refractivity contribution in [2.24, 2.45) is 23.7 Å². The second-order valence-corrected chi connectivity index (χ2v) is 9.76. The summed E-state index contributed by atoms with van der Waals surface area (Å²) in [5.41, 5.74) is 2.57. The van der Waals surface area contributed by atoms with Crippen LogP contribution < -0.4 is 5.32 Å². The number of hydrogen-bond donors (Lipinski definition) is 1. The van der Waals surface area contributed by atoms with E-state index in [1.165, 1.54) is 48.5 Å². The molecule has 3 heterocycles. The van der Waals surface area contributed by atoms with Crippen LogP contribution in [0.3, 0.4) is 0 Å². The van der Waals surface area contributed by atoms with Crippen LogP contribution in [-0.4, -0.2) is 28.0 Å². The highest BCUT2D eigenvalue weighted by Crippen LogP contribution is 2.45. The second-order valence-electron chi connectivity index (χ2n) is 8.73. The van der Waals surface area contributed by atoms with E-state index >= 15 is 0 Å². The van der Waals surface area contributed by atoms with Gasteiger partial charge in [0, 0.05) is 36.9 Å². The maximum atomic E-state index is 4.42. The molecule has 2 atom stereocenters. The topological polar surface area (TPSA) is 41.0 Å². The maximum Gasteiger partial charge on any atom is 0.163 e. The van der Waals surface area contributed by atoms with Gasteiger partial charge < -0.3 is 5.32 Å². The summed E-state index contributed by atoms with van der Waals surface area (Å²) in [5.74, 6) is 4.43. The van der Waals surface area contributed by atoms with E-state index in [1.54, 1.807) is 24.2 Å². The fourth-order valence-electron chi connectivity index (χ4n) is 5.63. The van der Waals surface area contributed by atoms with Gasteiger partial charge in [-0.15, -0.1) is 0 Å². The fourth-order valence-corrected chi connectivity index (χ4v) is 6.51. The molecule has 142 valence electrons. The Morgan fingerprint density at radius 2 is 1.93 bits per heavy atom. The van der Waals surface area contributed by atoms with Crippen molar-refractivity contribution in [1.82, 2.24) is 14.9 Å². The highest BCUT2D eigenvalue weighted by molar-refractivity contribution is 7.99. The van der Waals surface area contributed by atoms with Gasteiger partial charge in [0.05, 0.1) is 5.69 Å². The summed E-state index contributed by atoms with van der Waals surface area (Å²) in [7, 11) is 0. The summed E-state index contributed by atoms with van der Waals surface area (Å²) >= 11 is 1.70. The molecule has 1 saturated heterocycles. The van der Waals surface area contributed by atoms with Crippen molar-refractivity contribution in [2.75, 3.05) is 18.4 Å². The first-order valence-electron chi connectivity index (χ1n) is 10.3. The van der Waals surface area contributed by atoms with Crippen LogP contribution in [0.25, 0.3) is 0 Å². The zero-order chi connectivity index (χ0) is 18.4. The lowest BCUT2D eigenvalue weighted by molar-refractivity contribution is -0.00429. The largest absolute Gasteiger partial charge is 0.337 e. The van der Waals surface area contributed by atoms with Crippen LogP contribution in [0.2, 0.25) is 0 Å². The second kappa shape index (κ2) is 7.10. The van der Waals surface area contributed by atoms with E-state index in [9.17, 15) is 0 Å². The summed E-state index contributed by atoms with van der Waals surface area (Å²) in [6, 6.07) is 6.84. The number of piperidine rings is 1. The van der Waals surface area contributed by atoms with E-state index in [1.807, 2.05) is 0 Å². The quantitative estimate of drug-likeness (QED) is 0.677. The van der Waals surface area contributed by atoms with E-state index in [2.05, 4.69) is 52.2 Å². The molecule has 0 spiro atoms. The molecule has 1 aliphatic carbocycles. The van der Waals surface area contributed by atoms with Crippen molar-refractivity contribution >= 4 is 23.3 Å². The normalized spacial score (nSPS) is 27.0. The van der Waals surface area contributed by atoms with Crippen molar-refractivity contribution in [2.45, 2.75) is 49.6 Å². The van der Waals surface area contributed by atoms with Crippen LogP contribution in [0.4, 0.5) is 11.5 Å². The number of benzene rings is 1. The van der Waals surface area contributed by atoms with Crippen LogP contribution in [0.1, 0.15) is 38.7 Å². The van der Waals surface area contributed by atoms with Crippen LogP contribution in [0.5, 0.6) is 0 Å². The maximum absolute atomic E-state index is 4.42. The Labute approximate surface area is 166 Å². The van der Waals surface area contributed by atoms with Crippen LogP contribution in [0.15, 0.2) is 40.5 Å². The van der Waals surface area contributed by atoms with E-state index < -0.39 is 0 Å². The van der Waals surface area contributed by atoms with Gasteiger partial charge in [0.1, 0.15) is 5.03 Å². The van der Waals surface area contributed by atoms with Crippen LogP contribution in [-0.2, 0) is 6.54 Å². The highest BCUT2D eigenvalue weighted by atomic mass is 32.2. The van der Waals surface area contributed by atoms with Gasteiger partial charge in [0.15, 0.2) is 5.82 Å². The van der Waals surface area contributed by atoms with E-state index in [4.69, 9.17) is 0 Å². The van der Waals surface area contributed by atoms with E-state index in [-0.39, 0.29) is 0 Å². The molecule has 3 aliphatic rings. The van der Waals surface area contributed by atoms with Gasteiger partial charge in [0.2, 0.25) is 0 Å². The molecule has 0 radical (unpaired) electrons. The monoisotopic (exact) mass is 380 g/mol. The first kappa shape index (κ1) is 17.5. The molecule has 1 aromatic heterocycles. The summed E-state index contributed by atoms with van der Waals surface area (Å²) in [6.07, 6.45) is 7.79. The standard InChI is InChI=1S/C22H28N4S/c1-14(2)20-16-4-3-5-17(20)13-26(12-16)11-15-6-7-19-18(10-15)25-21-22(27-19)24-9-8-23-21/h6-10,14,16-17,20H,3-5,11-13H2,1-2H3,(H,23,25). The number of rotatable bonds is 3. The number of nitrogens with zero attached hydrogens (tertiary/aromatic N) is 3. The number of fused-ring (bicyclic) bond motifs is 4. The first-order chi connectivity index (χ1) is 13.2. The van der Waals surface area contributed by atoms with Gasteiger partial charge >= 0.3 is 0 Å². The predicted molar refractivity (Wildman–Crippen MR) is 110 cm³/mol. The molecule has 2 fully saturated rings. The third-order valence-corrected chi connectivity index (χ3v) is 7.64. The average Bonchev–Trinajstić information content (AvgIpc) is 2.65. The van der Waals surface area contributed by atoms with Gasteiger partial charge in [-0.1, -0.05) is 38.1 Å². The zero-order valence-electron chi connectivity index (χ0n) is 16.2. The van der Waals surface area contributed by atoms with E-state index in [0.29, 0.717) is 0 Å². The Balaban J connectivity index is 1.31. The Bertz CT molecular complexity index is 823. The van der Waals surface area contributed by atoms with Crippen LogP contribution >= 0.6 is 11.8 Å². The van der Waals surface area contributed by atoms with Gasteiger partial charge in [-0.25, -0.2) is 9.97 Å². The Hall–Kier alpha value is -1.59. The summed E-state index contributed by atoms with van der Waals surface area (Å²) < 4.78 is 0. The van der Waals surface area contributed by atoms with Gasteiger partial charge in [0.25, 0.3) is 0 Å². The van der Waals surface area contributed by atoms with Crippen molar-refractivity contribution in [3.05, 3.63) is 36.2 Å². The van der Waals surface area contributed by atoms with Crippen LogP contribution in [0, 0.1) is 23.7 Å². The molecule has 27 heavy (non-hydrogen) atoms. The average molecular weight is 381 g/mol.